The second-order valence-electron chi connectivity index (χ2n) is 5.43. The number of anilines is 1. The largest absolute Gasteiger partial charge is 0.334 e. The highest BCUT2D eigenvalue weighted by Crippen LogP contribution is 2.36. The van der Waals surface area contributed by atoms with Crippen molar-refractivity contribution >= 4 is 34.2 Å². The van der Waals surface area contributed by atoms with E-state index < -0.39 is 11.6 Å². The third-order valence-electron chi connectivity index (χ3n) is 4.04. The number of rotatable bonds is 2. The Bertz CT molecular complexity index is 881. The second-order valence-corrected chi connectivity index (χ2v) is 6.60. The number of fused-ring (bicyclic) bond motifs is 1. The molecule has 2 aromatic heterocycles. The zero-order valence-electron chi connectivity index (χ0n) is 12.0. The Balaban J connectivity index is 1.76. The van der Waals surface area contributed by atoms with Crippen LogP contribution in [-0.2, 0) is 0 Å². The minimum atomic E-state index is -0.435. The monoisotopic (exact) mass is 427 g/mol. The molecule has 0 N–H and O–H groups in total. The molecule has 4 rings (SSSR count). The first-order valence-electron chi connectivity index (χ1n) is 7.21. The fourth-order valence-corrected chi connectivity index (χ4v) is 3.48. The topological polar surface area (TPSA) is 46.3 Å². The van der Waals surface area contributed by atoms with Crippen LogP contribution >= 0.6 is 22.6 Å². The molecule has 1 aromatic carbocycles. The van der Waals surface area contributed by atoms with Crippen LogP contribution in [0.3, 0.4) is 0 Å². The highest BCUT2D eigenvalue weighted by atomic mass is 127. The SMILES string of the molecule is Fc1ccc(F)c(C2CCCN2c2ncn3ncc(I)c3n2)c1. The van der Waals surface area contributed by atoms with E-state index in [4.69, 9.17) is 0 Å². The summed E-state index contributed by atoms with van der Waals surface area (Å²) >= 11 is 2.16. The van der Waals surface area contributed by atoms with Gasteiger partial charge in [0.15, 0.2) is 5.65 Å². The van der Waals surface area contributed by atoms with Crippen LogP contribution < -0.4 is 4.90 Å². The van der Waals surface area contributed by atoms with Crippen molar-refractivity contribution in [2.45, 2.75) is 18.9 Å². The normalized spacial score (nSPS) is 18.0. The number of halogens is 3. The van der Waals surface area contributed by atoms with Crippen LogP contribution in [0.15, 0.2) is 30.7 Å². The molecule has 1 aliphatic heterocycles. The number of hydrogen-bond acceptors (Lipinski definition) is 4. The van der Waals surface area contributed by atoms with Gasteiger partial charge >= 0.3 is 0 Å². The van der Waals surface area contributed by atoms with Crippen molar-refractivity contribution in [3.05, 3.63) is 51.5 Å². The third-order valence-corrected chi connectivity index (χ3v) is 4.80. The summed E-state index contributed by atoms with van der Waals surface area (Å²) in [6.07, 6.45) is 4.93. The Labute approximate surface area is 144 Å². The van der Waals surface area contributed by atoms with E-state index in [-0.39, 0.29) is 6.04 Å². The van der Waals surface area contributed by atoms with Crippen molar-refractivity contribution in [2.75, 3.05) is 11.4 Å². The second kappa shape index (κ2) is 5.66. The van der Waals surface area contributed by atoms with Crippen LogP contribution in [0.25, 0.3) is 5.65 Å². The van der Waals surface area contributed by atoms with Crippen molar-refractivity contribution in [2.24, 2.45) is 0 Å². The molecule has 0 amide bonds. The van der Waals surface area contributed by atoms with Crippen LogP contribution in [0.2, 0.25) is 0 Å². The molecular formula is C15H12F2IN5. The molecule has 1 unspecified atom stereocenters. The molecular weight excluding hydrogens is 415 g/mol. The zero-order chi connectivity index (χ0) is 16.0. The minimum absolute atomic E-state index is 0.256. The van der Waals surface area contributed by atoms with E-state index in [1.165, 1.54) is 12.1 Å². The van der Waals surface area contributed by atoms with Crippen LogP contribution in [0.4, 0.5) is 14.7 Å². The van der Waals surface area contributed by atoms with Gasteiger partial charge in [0.1, 0.15) is 18.0 Å². The van der Waals surface area contributed by atoms with Gasteiger partial charge in [-0.05, 0) is 53.6 Å². The zero-order valence-corrected chi connectivity index (χ0v) is 14.1. The molecule has 0 aliphatic carbocycles. The Hall–Kier alpha value is -1.84. The van der Waals surface area contributed by atoms with E-state index in [0.717, 1.165) is 22.5 Å². The Morgan fingerprint density at radius 1 is 1.26 bits per heavy atom. The molecule has 0 saturated carbocycles. The summed E-state index contributed by atoms with van der Waals surface area (Å²) in [7, 11) is 0. The first-order chi connectivity index (χ1) is 11.1. The molecule has 5 nitrogen and oxygen atoms in total. The van der Waals surface area contributed by atoms with E-state index in [0.29, 0.717) is 23.7 Å². The van der Waals surface area contributed by atoms with Crippen LogP contribution in [0.5, 0.6) is 0 Å². The number of benzene rings is 1. The summed E-state index contributed by atoms with van der Waals surface area (Å²) in [4.78, 5) is 10.8. The summed E-state index contributed by atoms with van der Waals surface area (Å²) in [6, 6.07) is 3.31. The van der Waals surface area contributed by atoms with E-state index in [9.17, 15) is 8.78 Å². The minimum Gasteiger partial charge on any atom is -0.334 e. The van der Waals surface area contributed by atoms with Gasteiger partial charge in [0.05, 0.1) is 15.8 Å². The predicted octanol–water partition coefficient (Wildman–Crippen LogP) is 3.35. The highest BCUT2D eigenvalue weighted by Gasteiger charge is 2.30. The molecule has 1 fully saturated rings. The van der Waals surface area contributed by atoms with Crippen LogP contribution in [-0.4, -0.2) is 26.1 Å². The van der Waals surface area contributed by atoms with Gasteiger partial charge in [-0.2, -0.15) is 10.1 Å². The molecule has 0 radical (unpaired) electrons. The lowest BCUT2D eigenvalue weighted by Crippen LogP contribution is -2.25. The van der Waals surface area contributed by atoms with Gasteiger partial charge in [-0.1, -0.05) is 0 Å². The van der Waals surface area contributed by atoms with E-state index in [1.807, 2.05) is 4.90 Å². The van der Waals surface area contributed by atoms with E-state index >= 15 is 0 Å². The van der Waals surface area contributed by atoms with Crippen molar-refractivity contribution in [3.63, 3.8) is 0 Å². The Morgan fingerprint density at radius 3 is 3.00 bits per heavy atom. The molecule has 118 valence electrons. The highest BCUT2D eigenvalue weighted by molar-refractivity contribution is 14.1. The summed E-state index contributed by atoms with van der Waals surface area (Å²) in [5.74, 6) is -0.319. The first-order valence-corrected chi connectivity index (χ1v) is 8.29. The van der Waals surface area contributed by atoms with Crippen molar-refractivity contribution in [1.29, 1.82) is 0 Å². The Morgan fingerprint density at radius 2 is 2.13 bits per heavy atom. The van der Waals surface area contributed by atoms with Crippen LogP contribution in [0.1, 0.15) is 24.4 Å². The number of nitrogens with zero attached hydrogens (tertiary/aromatic N) is 5. The summed E-state index contributed by atoms with van der Waals surface area (Å²) < 4.78 is 30.2. The predicted molar refractivity (Wildman–Crippen MR) is 89.2 cm³/mol. The summed E-state index contributed by atoms with van der Waals surface area (Å²) in [5.41, 5.74) is 1.06. The van der Waals surface area contributed by atoms with E-state index in [2.05, 4.69) is 37.7 Å². The molecule has 0 bridgehead atoms. The van der Waals surface area contributed by atoms with Crippen LogP contribution in [0, 0.1) is 15.2 Å². The molecule has 3 heterocycles. The quantitative estimate of drug-likeness (QED) is 0.589. The van der Waals surface area contributed by atoms with Gasteiger partial charge in [0.25, 0.3) is 0 Å². The lowest BCUT2D eigenvalue weighted by Gasteiger charge is -2.25. The third kappa shape index (κ3) is 2.54. The van der Waals surface area contributed by atoms with E-state index in [1.54, 1.807) is 17.0 Å². The average Bonchev–Trinajstić information content (AvgIpc) is 3.17. The Kier molecular flexibility index (Phi) is 3.63. The molecule has 1 saturated heterocycles. The number of hydrogen-bond donors (Lipinski definition) is 0. The summed E-state index contributed by atoms with van der Waals surface area (Å²) in [6.45, 7) is 0.710. The molecule has 23 heavy (non-hydrogen) atoms. The average molecular weight is 427 g/mol. The molecule has 1 atom stereocenters. The maximum atomic E-state index is 14.1. The maximum absolute atomic E-state index is 14.1. The van der Waals surface area contributed by atoms with Gasteiger partial charge < -0.3 is 4.90 Å². The fourth-order valence-electron chi connectivity index (χ4n) is 2.99. The van der Waals surface area contributed by atoms with Gasteiger partial charge in [-0.3, -0.25) is 0 Å². The maximum Gasteiger partial charge on any atom is 0.229 e. The van der Waals surface area contributed by atoms with Gasteiger partial charge in [0.2, 0.25) is 5.95 Å². The standard InChI is InChI=1S/C15H12F2IN5/c16-9-3-4-11(17)10(6-9)13-2-1-5-22(13)15-19-8-23-14(21-15)12(18)7-20-23/h3-4,6-8,13H,1-2,5H2. The smallest absolute Gasteiger partial charge is 0.229 e. The van der Waals surface area contributed by atoms with Crippen molar-refractivity contribution in [1.82, 2.24) is 19.6 Å². The molecule has 0 spiro atoms. The first kappa shape index (κ1) is 14.7. The van der Waals surface area contributed by atoms with Gasteiger partial charge in [-0.25, -0.2) is 18.3 Å². The number of aromatic nitrogens is 4. The summed E-state index contributed by atoms with van der Waals surface area (Å²) in [5, 5.41) is 4.14. The van der Waals surface area contributed by atoms with Crippen molar-refractivity contribution < 1.29 is 8.78 Å². The molecule has 1 aliphatic rings. The fraction of sp³-hybridized carbons (Fsp3) is 0.267. The van der Waals surface area contributed by atoms with Gasteiger partial charge in [0, 0.05) is 12.1 Å². The van der Waals surface area contributed by atoms with Gasteiger partial charge in [-0.15, -0.1) is 0 Å². The molecule has 3 aromatic rings. The molecule has 8 heteroatoms. The van der Waals surface area contributed by atoms with Crippen molar-refractivity contribution in [3.8, 4) is 0 Å². The lowest BCUT2D eigenvalue weighted by atomic mass is 10.0. The lowest BCUT2D eigenvalue weighted by molar-refractivity contribution is 0.559.